The normalized spacial score (nSPS) is 24.5. The van der Waals surface area contributed by atoms with E-state index in [1.807, 2.05) is 22.9 Å². The van der Waals surface area contributed by atoms with Crippen LogP contribution in [0.1, 0.15) is 46.5 Å². The smallest absolute Gasteiger partial charge is 0.407 e. The second kappa shape index (κ2) is 13.3. The standard InChI is InChI=1S/C32H41N5O8S2/c1-6-22-13-32(22,29(40)36-47(42,43)24-7-8-24)35-27(38)25-11-19(16-37(25)28(39)26(31(2,3)4)34-30(41)44-5)17-45-23-12-21(14-33-15-23)20-9-10-46-18-20/h6,9-10,12,14-15,18-19,22,24-26H,1,7-8,11,13,16-17H2,2-5H3,(H,34,41)(H,35,38)(H,36,40). The second-order valence-electron chi connectivity index (χ2n) is 13.5. The van der Waals surface area contributed by atoms with Crippen LogP contribution in [0.4, 0.5) is 4.79 Å². The van der Waals surface area contributed by atoms with Crippen LogP contribution in [0, 0.1) is 17.3 Å². The van der Waals surface area contributed by atoms with Crippen LogP contribution < -0.4 is 20.1 Å². The van der Waals surface area contributed by atoms with Crippen molar-refractivity contribution >= 4 is 45.2 Å². The fraction of sp³-hybridized carbons (Fsp3) is 0.531. The Kier molecular flexibility index (Phi) is 9.69. The SMILES string of the molecule is C=CC1CC1(NC(=O)C1CC(COc2cncc(-c3ccsc3)c2)CN1C(=O)C(NC(=O)OC)C(C)(C)C)C(=O)NS(=O)(=O)C1CC1. The van der Waals surface area contributed by atoms with E-state index in [1.54, 1.807) is 44.5 Å². The van der Waals surface area contributed by atoms with Gasteiger partial charge in [0, 0.05) is 30.1 Å². The van der Waals surface area contributed by atoms with Crippen LogP contribution in [-0.2, 0) is 29.1 Å². The van der Waals surface area contributed by atoms with E-state index in [0.29, 0.717) is 18.6 Å². The summed E-state index contributed by atoms with van der Waals surface area (Å²) < 4.78 is 38.2. The fourth-order valence-corrected chi connectivity index (χ4v) is 7.87. The van der Waals surface area contributed by atoms with Crippen LogP contribution in [0.5, 0.6) is 5.75 Å². The Balaban J connectivity index is 1.36. The predicted octanol–water partition coefficient (Wildman–Crippen LogP) is 2.85. The lowest BCUT2D eigenvalue weighted by atomic mass is 9.85. The summed E-state index contributed by atoms with van der Waals surface area (Å²) in [5.74, 6) is -2.20. The molecule has 0 bridgehead atoms. The molecule has 5 atom stereocenters. The van der Waals surface area contributed by atoms with Crippen LogP contribution in [0.25, 0.3) is 11.1 Å². The third-order valence-corrected chi connectivity index (χ3v) is 11.3. The van der Waals surface area contributed by atoms with Crippen molar-refractivity contribution in [3.63, 3.8) is 0 Å². The highest BCUT2D eigenvalue weighted by Gasteiger charge is 2.62. The lowest BCUT2D eigenvalue weighted by molar-refractivity contribution is -0.142. The zero-order valence-electron chi connectivity index (χ0n) is 26.9. The Morgan fingerprint density at radius 2 is 1.96 bits per heavy atom. The van der Waals surface area contributed by atoms with Gasteiger partial charge in [-0.05, 0) is 59.6 Å². The number of aromatic nitrogens is 1. The highest BCUT2D eigenvalue weighted by molar-refractivity contribution is 7.91. The number of amides is 4. The molecule has 3 aliphatic rings. The molecule has 13 nitrogen and oxygen atoms in total. The van der Waals surface area contributed by atoms with E-state index < -0.39 is 68.0 Å². The van der Waals surface area contributed by atoms with Crippen molar-refractivity contribution in [1.29, 1.82) is 0 Å². The summed E-state index contributed by atoms with van der Waals surface area (Å²) in [7, 11) is -2.67. The maximum atomic E-state index is 14.1. The molecule has 0 aromatic carbocycles. The Morgan fingerprint density at radius 1 is 1.21 bits per heavy atom. The topological polar surface area (TPSA) is 173 Å². The monoisotopic (exact) mass is 687 g/mol. The van der Waals surface area contributed by atoms with Gasteiger partial charge in [-0.3, -0.25) is 24.1 Å². The number of methoxy groups -OCH3 is 1. The van der Waals surface area contributed by atoms with Gasteiger partial charge in [0.05, 0.1) is 25.2 Å². The summed E-state index contributed by atoms with van der Waals surface area (Å²) in [6, 6.07) is 1.77. The van der Waals surface area contributed by atoms with Crippen molar-refractivity contribution in [2.75, 3.05) is 20.3 Å². The number of nitrogens with zero attached hydrogens (tertiary/aromatic N) is 2. The number of hydrogen-bond donors (Lipinski definition) is 3. The molecule has 4 amide bonds. The number of thiophene rings is 1. The van der Waals surface area contributed by atoms with Gasteiger partial charge in [0.25, 0.3) is 5.91 Å². The van der Waals surface area contributed by atoms with Crippen molar-refractivity contribution in [3.8, 4) is 16.9 Å². The van der Waals surface area contributed by atoms with Gasteiger partial charge in [0.1, 0.15) is 23.4 Å². The lowest BCUT2D eigenvalue weighted by Crippen LogP contribution is -2.60. The number of pyridine rings is 1. The van der Waals surface area contributed by atoms with Crippen LogP contribution in [0.15, 0.2) is 47.9 Å². The van der Waals surface area contributed by atoms with E-state index in [0.717, 1.165) is 11.1 Å². The zero-order chi connectivity index (χ0) is 34.1. The minimum absolute atomic E-state index is 0.129. The molecule has 47 heavy (non-hydrogen) atoms. The number of ether oxygens (including phenoxy) is 2. The molecule has 0 radical (unpaired) electrons. The molecule has 3 fully saturated rings. The summed E-state index contributed by atoms with van der Waals surface area (Å²) in [5.41, 5.74) is -0.364. The van der Waals surface area contributed by atoms with Gasteiger partial charge < -0.3 is 25.0 Å². The van der Waals surface area contributed by atoms with E-state index in [1.165, 1.54) is 18.1 Å². The highest BCUT2D eigenvalue weighted by atomic mass is 32.2. The maximum absolute atomic E-state index is 14.1. The summed E-state index contributed by atoms with van der Waals surface area (Å²) in [4.78, 5) is 59.4. The Bertz CT molecular complexity index is 1640. The summed E-state index contributed by atoms with van der Waals surface area (Å²) in [5, 5.41) is 8.74. The van der Waals surface area contributed by atoms with Gasteiger partial charge in [-0.2, -0.15) is 11.3 Å². The third kappa shape index (κ3) is 7.61. The minimum Gasteiger partial charge on any atom is -0.492 e. The third-order valence-electron chi connectivity index (χ3n) is 8.84. The largest absolute Gasteiger partial charge is 0.492 e. The number of rotatable bonds is 12. The highest BCUT2D eigenvalue weighted by Crippen LogP contribution is 2.45. The zero-order valence-corrected chi connectivity index (χ0v) is 28.5. The molecule has 1 aliphatic heterocycles. The van der Waals surface area contributed by atoms with Crippen molar-refractivity contribution in [2.45, 2.75) is 69.3 Å². The molecule has 1 saturated heterocycles. The first kappa shape index (κ1) is 34.4. The molecule has 254 valence electrons. The molecule has 2 saturated carbocycles. The van der Waals surface area contributed by atoms with E-state index >= 15 is 0 Å². The number of alkyl carbamates (subject to hydrolysis) is 1. The Labute approximate surface area is 278 Å². The maximum Gasteiger partial charge on any atom is 0.407 e. The van der Waals surface area contributed by atoms with Gasteiger partial charge in [-0.15, -0.1) is 6.58 Å². The molecule has 3 N–H and O–H groups in total. The number of carbonyl (C=O) groups excluding carboxylic acids is 4. The molecule has 2 aromatic rings. The second-order valence-corrected chi connectivity index (χ2v) is 16.2. The first-order valence-electron chi connectivity index (χ1n) is 15.4. The van der Waals surface area contributed by atoms with Crippen LogP contribution in [-0.4, -0.2) is 85.3 Å². The van der Waals surface area contributed by atoms with Gasteiger partial charge in [0.2, 0.25) is 21.8 Å². The van der Waals surface area contributed by atoms with Gasteiger partial charge in [-0.25, -0.2) is 13.2 Å². The molecule has 5 rings (SSSR count). The Morgan fingerprint density at radius 3 is 2.55 bits per heavy atom. The molecule has 3 heterocycles. The first-order valence-corrected chi connectivity index (χ1v) is 17.9. The number of nitrogens with one attached hydrogen (secondary N) is 3. The fourth-order valence-electron chi connectivity index (χ4n) is 5.84. The summed E-state index contributed by atoms with van der Waals surface area (Å²) >= 11 is 1.57. The van der Waals surface area contributed by atoms with Crippen LogP contribution in [0.2, 0.25) is 0 Å². The van der Waals surface area contributed by atoms with Gasteiger partial charge in [0.15, 0.2) is 0 Å². The molecule has 0 spiro atoms. The van der Waals surface area contributed by atoms with Crippen molar-refractivity contribution in [3.05, 3.63) is 47.9 Å². The summed E-state index contributed by atoms with van der Waals surface area (Å²) in [6.07, 6.45) is 5.35. The molecule has 15 heteroatoms. The van der Waals surface area contributed by atoms with Crippen LogP contribution >= 0.6 is 11.3 Å². The van der Waals surface area contributed by atoms with E-state index in [9.17, 15) is 27.6 Å². The summed E-state index contributed by atoms with van der Waals surface area (Å²) in [6.45, 7) is 9.38. The van der Waals surface area contributed by atoms with Gasteiger partial charge in [-0.1, -0.05) is 26.8 Å². The number of sulfonamides is 1. The van der Waals surface area contributed by atoms with Crippen molar-refractivity contribution < 1.29 is 37.1 Å². The number of hydrogen-bond acceptors (Lipinski definition) is 10. The quantitative estimate of drug-likeness (QED) is 0.284. The van der Waals surface area contributed by atoms with Gasteiger partial charge >= 0.3 is 6.09 Å². The van der Waals surface area contributed by atoms with E-state index in [2.05, 4.69) is 26.9 Å². The van der Waals surface area contributed by atoms with E-state index in [-0.39, 0.29) is 31.9 Å². The average Bonchev–Trinajstić information content (AvgIpc) is 3.89. The van der Waals surface area contributed by atoms with Crippen molar-refractivity contribution in [2.24, 2.45) is 17.3 Å². The molecule has 2 aromatic heterocycles. The predicted molar refractivity (Wildman–Crippen MR) is 175 cm³/mol. The lowest BCUT2D eigenvalue weighted by Gasteiger charge is -2.35. The minimum atomic E-state index is -3.86. The molecule has 2 aliphatic carbocycles. The average molecular weight is 688 g/mol. The Hall–Kier alpha value is -3.98. The number of carbonyl (C=O) groups is 4. The van der Waals surface area contributed by atoms with Crippen LogP contribution in [0.3, 0.4) is 0 Å². The number of likely N-dealkylation sites (tertiary alicyclic amines) is 1. The molecular weight excluding hydrogens is 647 g/mol. The molecule has 5 unspecified atom stereocenters. The van der Waals surface area contributed by atoms with Crippen molar-refractivity contribution in [1.82, 2.24) is 25.2 Å². The first-order chi connectivity index (χ1) is 22.2. The molecular formula is C32H41N5O8S2. The van der Waals surface area contributed by atoms with E-state index in [4.69, 9.17) is 9.47 Å².